The van der Waals surface area contributed by atoms with E-state index in [2.05, 4.69) is 5.09 Å². The molecule has 0 spiro atoms. The first kappa shape index (κ1) is 20.3. The SMILES string of the molecule is CCCSP(=O)(NC(=O)N1CCC(C(=O)OCC)CC1)OCC. The van der Waals surface area contributed by atoms with Crippen molar-refractivity contribution in [3.8, 4) is 0 Å². The number of hydrogen-bond acceptors (Lipinski definition) is 6. The molecule has 0 aromatic carbocycles. The highest BCUT2D eigenvalue weighted by Crippen LogP contribution is 2.56. The predicted molar refractivity (Wildman–Crippen MR) is 91.4 cm³/mol. The maximum atomic E-state index is 12.6. The second-order valence-corrected chi connectivity index (χ2v) is 9.54. The number of likely N-dealkylation sites (tertiary alicyclic amines) is 1. The van der Waals surface area contributed by atoms with Crippen LogP contribution in [0, 0.1) is 5.92 Å². The fourth-order valence-electron chi connectivity index (χ4n) is 2.25. The summed E-state index contributed by atoms with van der Waals surface area (Å²) in [5, 5.41) is 2.54. The number of piperidine rings is 1. The molecule has 0 aromatic heterocycles. The number of carbonyl (C=O) groups excluding carboxylic acids is 2. The standard InChI is InChI=1S/C14H27N2O5PS/c1-4-11-23-22(19,21-6-3)15-14(18)16-9-7-12(8-10-16)13(17)20-5-2/h12H,4-11H2,1-3H3,(H,15,18,19). The van der Waals surface area contributed by atoms with Crippen LogP contribution in [-0.2, 0) is 18.6 Å². The van der Waals surface area contributed by atoms with Crippen LogP contribution < -0.4 is 5.09 Å². The normalized spacial score (nSPS) is 18.3. The topological polar surface area (TPSA) is 84.9 Å². The maximum absolute atomic E-state index is 12.6. The summed E-state index contributed by atoms with van der Waals surface area (Å²) in [7, 11) is 0. The van der Waals surface area contributed by atoms with E-state index < -0.39 is 12.8 Å². The van der Waals surface area contributed by atoms with E-state index in [0.29, 0.717) is 38.3 Å². The molecule has 1 atom stereocenters. The third-order valence-corrected chi connectivity index (χ3v) is 7.55. The Morgan fingerprint density at radius 1 is 1.22 bits per heavy atom. The molecule has 23 heavy (non-hydrogen) atoms. The van der Waals surface area contributed by atoms with E-state index in [9.17, 15) is 14.2 Å². The lowest BCUT2D eigenvalue weighted by molar-refractivity contribution is -0.149. The van der Waals surface area contributed by atoms with Crippen molar-refractivity contribution in [3.63, 3.8) is 0 Å². The molecule has 7 nitrogen and oxygen atoms in total. The molecule has 1 rings (SSSR count). The monoisotopic (exact) mass is 366 g/mol. The van der Waals surface area contributed by atoms with Crippen molar-refractivity contribution in [2.45, 2.75) is 40.0 Å². The Morgan fingerprint density at radius 3 is 2.39 bits per heavy atom. The zero-order chi connectivity index (χ0) is 17.3. The first-order valence-electron chi connectivity index (χ1n) is 8.08. The molecule has 9 heteroatoms. The van der Waals surface area contributed by atoms with Crippen LogP contribution in [0.2, 0.25) is 0 Å². The van der Waals surface area contributed by atoms with Crippen LogP contribution in [0.25, 0.3) is 0 Å². The summed E-state index contributed by atoms with van der Waals surface area (Å²) in [5.41, 5.74) is 0. The molecule has 0 bridgehead atoms. The summed E-state index contributed by atoms with van der Waals surface area (Å²) in [6.07, 6.45) is 1.98. The summed E-state index contributed by atoms with van der Waals surface area (Å²) in [5.74, 6) is 0.292. The number of esters is 1. The Kier molecular flexibility index (Phi) is 9.02. The number of rotatable bonds is 8. The molecule has 1 N–H and O–H groups in total. The van der Waals surface area contributed by atoms with Gasteiger partial charge in [0.15, 0.2) is 0 Å². The zero-order valence-electron chi connectivity index (χ0n) is 14.1. The Bertz CT molecular complexity index is 441. The molecule has 0 radical (unpaired) electrons. The van der Waals surface area contributed by atoms with Gasteiger partial charge < -0.3 is 14.2 Å². The summed E-state index contributed by atoms with van der Waals surface area (Å²) in [4.78, 5) is 25.6. The molecule has 134 valence electrons. The van der Waals surface area contributed by atoms with Gasteiger partial charge in [-0.2, -0.15) is 0 Å². The van der Waals surface area contributed by atoms with Gasteiger partial charge in [-0.3, -0.25) is 14.4 Å². The summed E-state index contributed by atoms with van der Waals surface area (Å²) in [6, 6.07) is -0.396. The highest BCUT2D eigenvalue weighted by molar-refractivity contribution is 8.56. The van der Waals surface area contributed by atoms with Gasteiger partial charge in [0.25, 0.3) is 0 Å². The molecule has 1 unspecified atom stereocenters. The van der Waals surface area contributed by atoms with E-state index in [1.807, 2.05) is 6.92 Å². The van der Waals surface area contributed by atoms with E-state index in [1.54, 1.807) is 18.7 Å². The lowest BCUT2D eigenvalue weighted by Crippen LogP contribution is -2.44. The number of nitrogens with one attached hydrogen (secondary N) is 1. The lowest BCUT2D eigenvalue weighted by atomic mass is 9.97. The van der Waals surface area contributed by atoms with Gasteiger partial charge in [-0.05, 0) is 44.5 Å². The zero-order valence-corrected chi connectivity index (χ0v) is 15.8. The van der Waals surface area contributed by atoms with Crippen LogP contribution in [-0.4, -0.2) is 49.0 Å². The average molecular weight is 366 g/mol. The Morgan fingerprint density at radius 2 is 1.87 bits per heavy atom. The van der Waals surface area contributed by atoms with Gasteiger partial charge in [0.1, 0.15) is 0 Å². The highest BCUT2D eigenvalue weighted by Gasteiger charge is 2.32. The summed E-state index contributed by atoms with van der Waals surface area (Å²) in [6.45, 7) is 3.81. The summed E-state index contributed by atoms with van der Waals surface area (Å²) < 4.78 is 22.9. The van der Waals surface area contributed by atoms with Crippen molar-refractivity contribution in [2.75, 3.05) is 32.1 Å². The molecule has 1 aliphatic heterocycles. The van der Waals surface area contributed by atoms with Gasteiger partial charge in [0.2, 0.25) is 0 Å². The molecule has 0 aliphatic carbocycles. The van der Waals surface area contributed by atoms with E-state index in [-0.39, 0.29) is 18.5 Å². The summed E-state index contributed by atoms with van der Waals surface area (Å²) >= 11 is 1.15. The number of hydrogen-bond donors (Lipinski definition) is 1. The van der Waals surface area contributed by atoms with Crippen LogP contribution in [0.15, 0.2) is 0 Å². The van der Waals surface area contributed by atoms with Crippen LogP contribution in [0.1, 0.15) is 40.0 Å². The molecular weight excluding hydrogens is 339 g/mol. The number of carbonyl (C=O) groups is 2. The van der Waals surface area contributed by atoms with Gasteiger partial charge >= 0.3 is 18.7 Å². The van der Waals surface area contributed by atoms with E-state index >= 15 is 0 Å². The third kappa shape index (κ3) is 6.73. The van der Waals surface area contributed by atoms with Crippen molar-refractivity contribution < 1.29 is 23.4 Å². The fraction of sp³-hybridized carbons (Fsp3) is 0.857. The van der Waals surface area contributed by atoms with Crippen LogP contribution in [0.4, 0.5) is 4.79 Å². The van der Waals surface area contributed by atoms with Crippen molar-refractivity contribution >= 4 is 30.1 Å². The molecule has 1 aliphatic rings. The molecule has 0 saturated carbocycles. The minimum atomic E-state index is -3.22. The van der Waals surface area contributed by atoms with Gasteiger partial charge in [-0.25, -0.2) is 4.79 Å². The molecule has 0 aromatic rings. The minimum Gasteiger partial charge on any atom is -0.466 e. The second kappa shape index (κ2) is 10.2. The Hall–Kier alpha value is -0.720. The smallest absolute Gasteiger partial charge is 0.354 e. The Labute approximate surface area is 142 Å². The minimum absolute atomic E-state index is 0.160. The number of amides is 2. The van der Waals surface area contributed by atoms with E-state index in [4.69, 9.17) is 9.26 Å². The van der Waals surface area contributed by atoms with Crippen molar-refractivity contribution in [1.82, 2.24) is 9.99 Å². The number of urea groups is 1. The maximum Gasteiger partial charge on any atom is 0.354 e. The molecule has 1 fully saturated rings. The highest BCUT2D eigenvalue weighted by atomic mass is 32.7. The van der Waals surface area contributed by atoms with Crippen molar-refractivity contribution in [1.29, 1.82) is 0 Å². The van der Waals surface area contributed by atoms with E-state index in [0.717, 1.165) is 17.8 Å². The number of ether oxygens (including phenoxy) is 1. The first-order valence-corrected chi connectivity index (χ1v) is 11.3. The largest absolute Gasteiger partial charge is 0.466 e. The van der Waals surface area contributed by atoms with Crippen LogP contribution in [0.3, 0.4) is 0 Å². The van der Waals surface area contributed by atoms with Crippen molar-refractivity contribution in [3.05, 3.63) is 0 Å². The van der Waals surface area contributed by atoms with Crippen molar-refractivity contribution in [2.24, 2.45) is 5.92 Å². The predicted octanol–water partition coefficient (Wildman–Crippen LogP) is 3.26. The Balaban J connectivity index is 2.52. The average Bonchev–Trinajstić information content (AvgIpc) is 2.53. The van der Waals surface area contributed by atoms with Crippen LogP contribution >= 0.6 is 18.1 Å². The van der Waals surface area contributed by atoms with Gasteiger partial charge in [-0.15, -0.1) is 0 Å². The van der Waals surface area contributed by atoms with Gasteiger partial charge in [0.05, 0.1) is 19.1 Å². The first-order chi connectivity index (χ1) is 11.0. The van der Waals surface area contributed by atoms with Gasteiger partial charge in [0, 0.05) is 18.8 Å². The van der Waals surface area contributed by atoms with Gasteiger partial charge in [-0.1, -0.05) is 6.92 Å². The quantitative estimate of drug-likeness (QED) is 0.524. The molecule has 1 heterocycles. The third-order valence-electron chi connectivity index (χ3n) is 3.40. The van der Waals surface area contributed by atoms with E-state index in [1.165, 1.54) is 0 Å². The second-order valence-electron chi connectivity index (χ2n) is 5.18. The molecular formula is C14H27N2O5PS. The fourth-order valence-corrected chi connectivity index (χ4v) is 5.83. The lowest BCUT2D eigenvalue weighted by Gasteiger charge is -2.31. The molecule has 2 amide bonds. The molecule has 1 saturated heterocycles. The number of nitrogens with zero attached hydrogens (tertiary/aromatic N) is 1. The van der Waals surface area contributed by atoms with Crippen LogP contribution in [0.5, 0.6) is 0 Å².